The molecule has 0 radical (unpaired) electrons. The van der Waals surface area contributed by atoms with Crippen molar-refractivity contribution in [3.05, 3.63) is 76.5 Å². The molecule has 0 atom stereocenters. The lowest BCUT2D eigenvalue weighted by Gasteiger charge is -2.04. The molecule has 0 aliphatic carbocycles. The molecule has 0 aliphatic heterocycles. The molecule has 0 saturated carbocycles. The van der Waals surface area contributed by atoms with Gasteiger partial charge in [0, 0.05) is 6.08 Å². The topological polar surface area (TPSA) is 43.1 Å². The average Bonchev–Trinajstić information content (AvgIpc) is 2.38. The molecule has 0 fully saturated rings. The Morgan fingerprint density at radius 2 is 1.59 bits per heavy atom. The molecule has 2 aromatic carbocycles. The van der Waals surface area contributed by atoms with E-state index in [1.165, 1.54) is 6.08 Å². The van der Waals surface area contributed by atoms with Crippen LogP contribution in [-0.2, 0) is 0 Å². The molecule has 84 valence electrons. The molecule has 0 aromatic heterocycles. The summed E-state index contributed by atoms with van der Waals surface area (Å²) in [7, 11) is 0. The lowest BCUT2D eigenvalue weighted by molar-refractivity contribution is -0.400. The molecule has 0 aliphatic rings. The highest BCUT2D eigenvalue weighted by atomic mass is 16.6. The average molecular weight is 225 g/mol. The zero-order chi connectivity index (χ0) is 12.1. The molecule has 0 heterocycles. The van der Waals surface area contributed by atoms with Crippen LogP contribution in [0.3, 0.4) is 0 Å². The zero-order valence-corrected chi connectivity index (χ0v) is 9.11. The Labute approximate surface area is 99.2 Å². The van der Waals surface area contributed by atoms with Crippen LogP contribution in [0, 0.1) is 10.1 Å². The van der Waals surface area contributed by atoms with Crippen molar-refractivity contribution in [2.45, 2.75) is 0 Å². The van der Waals surface area contributed by atoms with Crippen LogP contribution in [-0.4, -0.2) is 4.92 Å². The first-order valence-electron chi connectivity index (χ1n) is 5.23. The van der Waals surface area contributed by atoms with E-state index in [0.29, 0.717) is 0 Å². The molecule has 0 unspecified atom stereocenters. The number of hydrogen-bond donors (Lipinski definition) is 0. The zero-order valence-electron chi connectivity index (χ0n) is 9.11. The summed E-state index contributed by atoms with van der Waals surface area (Å²) in [6.07, 6.45) is 2.48. The third-order valence-electron chi connectivity index (χ3n) is 2.42. The maximum atomic E-state index is 10.3. The second-order valence-corrected chi connectivity index (χ2v) is 3.55. The van der Waals surface area contributed by atoms with E-state index in [1.807, 2.05) is 54.6 Å². The Morgan fingerprint density at radius 3 is 2.29 bits per heavy atom. The number of benzene rings is 2. The van der Waals surface area contributed by atoms with Gasteiger partial charge in [0.2, 0.25) is 6.20 Å². The van der Waals surface area contributed by atoms with E-state index in [1.54, 1.807) is 0 Å². The third kappa shape index (κ3) is 2.78. The van der Waals surface area contributed by atoms with E-state index in [4.69, 9.17) is 0 Å². The fraction of sp³-hybridized carbons (Fsp3) is 0. The lowest BCUT2D eigenvalue weighted by Crippen LogP contribution is -1.85. The summed E-state index contributed by atoms with van der Waals surface area (Å²) in [6.45, 7) is 0. The highest BCUT2D eigenvalue weighted by molar-refractivity contribution is 5.74. The predicted molar refractivity (Wildman–Crippen MR) is 67.9 cm³/mol. The largest absolute Gasteiger partial charge is 0.259 e. The van der Waals surface area contributed by atoms with Crippen LogP contribution in [0.25, 0.3) is 17.2 Å². The highest BCUT2D eigenvalue weighted by Gasteiger charge is 2.01. The van der Waals surface area contributed by atoms with Gasteiger partial charge >= 0.3 is 0 Å². The summed E-state index contributed by atoms with van der Waals surface area (Å²) >= 11 is 0. The SMILES string of the molecule is O=[N+]([O-])C=Cc1ccccc1-c1ccccc1. The second-order valence-electron chi connectivity index (χ2n) is 3.55. The van der Waals surface area contributed by atoms with E-state index in [0.717, 1.165) is 22.9 Å². The minimum Gasteiger partial charge on any atom is -0.259 e. The third-order valence-corrected chi connectivity index (χ3v) is 2.42. The fourth-order valence-electron chi connectivity index (χ4n) is 1.66. The number of nitrogens with zero attached hydrogens (tertiary/aromatic N) is 1. The molecular weight excluding hydrogens is 214 g/mol. The molecule has 2 aromatic rings. The Morgan fingerprint density at radius 1 is 0.941 bits per heavy atom. The van der Waals surface area contributed by atoms with Crippen LogP contribution in [0.15, 0.2) is 60.8 Å². The second kappa shape index (κ2) is 5.07. The van der Waals surface area contributed by atoms with E-state index in [2.05, 4.69) is 0 Å². The molecule has 3 heteroatoms. The predicted octanol–water partition coefficient (Wildman–Crippen LogP) is 3.60. The number of nitro groups is 1. The molecule has 0 N–H and O–H groups in total. The molecule has 0 spiro atoms. The molecule has 0 amide bonds. The monoisotopic (exact) mass is 225 g/mol. The van der Waals surface area contributed by atoms with Crippen molar-refractivity contribution in [1.82, 2.24) is 0 Å². The minimum atomic E-state index is -0.457. The first kappa shape index (κ1) is 11.1. The normalized spacial score (nSPS) is 10.6. The maximum Gasteiger partial charge on any atom is 0.235 e. The first-order chi connectivity index (χ1) is 8.27. The Hall–Kier alpha value is -2.42. The minimum absolute atomic E-state index is 0.457. The van der Waals surface area contributed by atoms with Crippen molar-refractivity contribution in [3.63, 3.8) is 0 Å². The van der Waals surface area contributed by atoms with Gasteiger partial charge in [-0.05, 0) is 16.7 Å². The summed E-state index contributed by atoms with van der Waals surface area (Å²) in [6, 6.07) is 17.4. The standard InChI is InChI=1S/C14H11NO2/c16-15(17)11-10-13-8-4-5-9-14(13)12-6-2-1-3-7-12/h1-11H. The van der Waals surface area contributed by atoms with Crippen molar-refractivity contribution in [1.29, 1.82) is 0 Å². The molecule has 0 bridgehead atoms. The Kier molecular flexibility index (Phi) is 3.31. The van der Waals surface area contributed by atoms with Crippen molar-refractivity contribution in [3.8, 4) is 11.1 Å². The van der Waals surface area contributed by atoms with E-state index >= 15 is 0 Å². The summed E-state index contributed by atoms with van der Waals surface area (Å²) in [4.78, 5) is 9.88. The van der Waals surface area contributed by atoms with Crippen molar-refractivity contribution in [2.75, 3.05) is 0 Å². The van der Waals surface area contributed by atoms with E-state index < -0.39 is 4.92 Å². The van der Waals surface area contributed by atoms with Gasteiger partial charge < -0.3 is 0 Å². The molecular formula is C14H11NO2. The van der Waals surface area contributed by atoms with Crippen molar-refractivity contribution < 1.29 is 4.92 Å². The van der Waals surface area contributed by atoms with Crippen molar-refractivity contribution >= 4 is 6.08 Å². The molecule has 3 nitrogen and oxygen atoms in total. The van der Waals surface area contributed by atoms with Gasteiger partial charge in [-0.3, -0.25) is 10.1 Å². The van der Waals surface area contributed by atoms with E-state index in [-0.39, 0.29) is 0 Å². The van der Waals surface area contributed by atoms with Gasteiger partial charge in [-0.25, -0.2) is 0 Å². The van der Waals surface area contributed by atoms with E-state index in [9.17, 15) is 10.1 Å². The maximum absolute atomic E-state index is 10.3. The molecule has 2 rings (SSSR count). The van der Waals surface area contributed by atoms with Crippen LogP contribution in [0.1, 0.15) is 5.56 Å². The highest BCUT2D eigenvalue weighted by Crippen LogP contribution is 2.24. The summed E-state index contributed by atoms with van der Waals surface area (Å²) in [5.74, 6) is 0. The van der Waals surface area contributed by atoms with Gasteiger partial charge in [0.15, 0.2) is 0 Å². The smallest absolute Gasteiger partial charge is 0.235 e. The Balaban J connectivity index is 2.45. The molecule has 17 heavy (non-hydrogen) atoms. The van der Waals surface area contributed by atoms with Crippen LogP contribution in [0.4, 0.5) is 0 Å². The molecule has 0 saturated heterocycles. The Bertz CT molecular complexity index is 547. The van der Waals surface area contributed by atoms with Gasteiger partial charge in [0.25, 0.3) is 0 Å². The summed E-state index contributed by atoms with van der Waals surface area (Å²) in [5, 5.41) is 10.3. The van der Waals surface area contributed by atoms with Gasteiger partial charge in [-0.15, -0.1) is 0 Å². The van der Waals surface area contributed by atoms with Crippen molar-refractivity contribution in [2.24, 2.45) is 0 Å². The summed E-state index contributed by atoms with van der Waals surface area (Å²) < 4.78 is 0. The first-order valence-corrected chi connectivity index (χ1v) is 5.23. The fourth-order valence-corrected chi connectivity index (χ4v) is 1.66. The van der Waals surface area contributed by atoms with Gasteiger partial charge in [0.1, 0.15) is 0 Å². The number of hydrogen-bond acceptors (Lipinski definition) is 2. The summed E-state index contributed by atoms with van der Waals surface area (Å²) in [5.41, 5.74) is 2.89. The van der Waals surface area contributed by atoms with Crippen LogP contribution >= 0.6 is 0 Å². The van der Waals surface area contributed by atoms with Crippen LogP contribution in [0.5, 0.6) is 0 Å². The quantitative estimate of drug-likeness (QED) is 0.591. The van der Waals surface area contributed by atoms with Crippen LogP contribution in [0.2, 0.25) is 0 Å². The van der Waals surface area contributed by atoms with Gasteiger partial charge in [-0.2, -0.15) is 0 Å². The van der Waals surface area contributed by atoms with Gasteiger partial charge in [-0.1, -0.05) is 54.6 Å². The lowest BCUT2D eigenvalue weighted by atomic mass is 10.00. The number of rotatable bonds is 3. The van der Waals surface area contributed by atoms with Crippen LogP contribution < -0.4 is 0 Å². The van der Waals surface area contributed by atoms with Gasteiger partial charge in [0.05, 0.1) is 4.92 Å².